The van der Waals surface area contributed by atoms with Crippen molar-refractivity contribution in [2.75, 3.05) is 20.3 Å². The van der Waals surface area contributed by atoms with Crippen molar-refractivity contribution in [3.63, 3.8) is 0 Å². The number of carboxylic acid groups (broad SMARTS) is 1. The lowest BCUT2D eigenvalue weighted by Gasteiger charge is -2.26. The van der Waals surface area contributed by atoms with Crippen molar-refractivity contribution >= 4 is 17.6 Å². The van der Waals surface area contributed by atoms with Gasteiger partial charge in [0.15, 0.2) is 0 Å². The third kappa shape index (κ3) is 3.05. The van der Waals surface area contributed by atoms with Crippen molar-refractivity contribution < 1.29 is 19.0 Å². The molecule has 1 aromatic carbocycles. The lowest BCUT2D eigenvalue weighted by molar-refractivity contribution is -0.143. The summed E-state index contributed by atoms with van der Waals surface area (Å²) in [6.45, 7) is 0.954. The monoisotopic (exact) mass is 287 g/mol. The molecule has 2 atom stereocenters. The molecule has 1 fully saturated rings. The molecule has 0 saturated carbocycles. The summed E-state index contributed by atoms with van der Waals surface area (Å²) in [7, 11) is 1.79. The number of benzene rings is 1. The van der Waals surface area contributed by atoms with Crippen molar-refractivity contribution in [1.82, 2.24) is 4.90 Å². The zero-order valence-corrected chi connectivity index (χ0v) is 11.2. The molecule has 4 nitrogen and oxygen atoms in total. The van der Waals surface area contributed by atoms with E-state index in [4.69, 9.17) is 21.4 Å². The minimum Gasteiger partial charge on any atom is -0.481 e. The van der Waals surface area contributed by atoms with Gasteiger partial charge < -0.3 is 9.84 Å². The van der Waals surface area contributed by atoms with Gasteiger partial charge in [-0.15, -0.1) is 0 Å². The molecule has 1 saturated heterocycles. The first kappa shape index (κ1) is 14.2. The molecule has 0 radical (unpaired) electrons. The Morgan fingerprint density at radius 3 is 3.00 bits per heavy atom. The second-order valence-electron chi connectivity index (χ2n) is 4.68. The summed E-state index contributed by atoms with van der Waals surface area (Å²) < 4.78 is 18.6. The van der Waals surface area contributed by atoms with E-state index in [1.54, 1.807) is 19.2 Å². The van der Waals surface area contributed by atoms with Crippen LogP contribution in [0, 0.1) is 11.7 Å². The van der Waals surface area contributed by atoms with Gasteiger partial charge in [0.05, 0.1) is 24.2 Å². The van der Waals surface area contributed by atoms with E-state index in [9.17, 15) is 9.18 Å². The molecule has 2 rings (SSSR count). The first-order valence-electron chi connectivity index (χ1n) is 5.94. The Labute approximate surface area is 115 Å². The van der Waals surface area contributed by atoms with Gasteiger partial charge in [-0.3, -0.25) is 9.69 Å². The highest BCUT2D eigenvalue weighted by Crippen LogP contribution is 2.24. The maximum atomic E-state index is 13.3. The summed E-state index contributed by atoms with van der Waals surface area (Å²) >= 11 is 5.89. The zero-order chi connectivity index (χ0) is 14.0. The number of halogens is 2. The fourth-order valence-electron chi connectivity index (χ4n) is 2.27. The number of hydrogen-bond donors (Lipinski definition) is 1. The Kier molecular flexibility index (Phi) is 4.39. The Bertz CT molecular complexity index is 483. The van der Waals surface area contributed by atoms with Crippen molar-refractivity contribution in [3.05, 3.63) is 34.6 Å². The van der Waals surface area contributed by atoms with Crippen LogP contribution >= 0.6 is 11.6 Å². The van der Waals surface area contributed by atoms with Gasteiger partial charge in [0.1, 0.15) is 5.82 Å². The summed E-state index contributed by atoms with van der Waals surface area (Å²) in [5, 5.41) is 9.19. The van der Waals surface area contributed by atoms with E-state index < -0.39 is 17.7 Å². The smallest absolute Gasteiger partial charge is 0.310 e. The van der Waals surface area contributed by atoms with E-state index in [1.807, 2.05) is 4.90 Å². The molecule has 0 bridgehead atoms. The van der Waals surface area contributed by atoms with Crippen LogP contribution in [0.15, 0.2) is 18.2 Å². The topological polar surface area (TPSA) is 49.8 Å². The Morgan fingerprint density at radius 1 is 1.58 bits per heavy atom. The highest BCUT2D eigenvalue weighted by molar-refractivity contribution is 6.31. The van der Waals surface area contributed by atoms with Crippen LogP contribution in [-0.2, 0) is 16.1 Å². The van der Waals surface area contributed by atoms with Crippen LogP contribution in [0.5, 0.6) is 0 Å². The molecule has 1 aromatic rings. The number of carbonyl (C=O) groups is 1. The molecule has 19 heavy (non-hydrogen) atoms. The van der Waals surface area contributed by atoms with Gasteiger partial charge >= 0.3 is 5.97 Å². The molecule has 1 heterocycles. The molecule has 6 heteroatoms. The molecule has 0 aromatic heterocycles. The van der Waals surface area contributed by atoms with Gasteiger partial charge in [-0.2, -0.15) is 0 Å². The van der Waals surface area contributed by atoms with Crippen molar-refractivity contribution in [1.29, 1.82) is 0 Å². The van der Waals surface area contributed by atoms with Crippen LogP contribution in [0.4, 0.5) is 4.39 Å². The predicted molar refractivity (Wildman–Crippen MR) is 68.6 cm³/mol. The van der Waals surface area contributed by atoms with Gasteiger partial charge in [-0.25, -0.2) is 4.39 Å². The SMILES string of the molecule is CN(Cc1cccc(F)c1Cl)C1COCC1C(=O)O. The third-order valence-electron chi connectivity index (χ3n) is 3.39. The highest BCUT2D eigenvalue weighted by Gasteiger charge is 2.36. The molecule has 1 aliphatic heterocycles. The lowest BCUT2D eigenvalue weighted by atomic mass is 10.0. The summed E-state index contributed by atoms with van der Waals surface area (Å²) in [6.07, 6.45) is 0. The molecule has 1 aliphatic rings. The average Bonchev–Trinajstić information content (AvgIpc) is 2.84. The molecular weight excluding hydrogens is 273 g/mol. The number of ether oxygens (including phenoxy) is 1. The van der Waals surface area contributed by atoms with Gasteiger partial charge in [0.25, 0.3) is 0 Å². The minimum atomic E-state index is -0.875. The van der Waals surface area contributed by atoms with E-state index in [1.165, 1.54) is 6.07 Å². The quantitative estimate of drug-likeness (QED) is 0.920. The third-order valence-corrected chi connectivity index (χ3v) is 3.81. The van der Waals surface area contributed by atoms with Crippen molar-refractivity contribution in [2.45, 2.75) is 12.6 Å². The van der Waals surface area contributed by atoms with E-state index in [0.717, 1.165) is 0 Å². The van der Waals surface area contributed by atoms with E-state index in [0.29, 0.717) is 18.7 Å². The number of rotatable bonds is 4. The second kappa shape index (κ2) is 5.86. The van der Waals surface area contributed by atoms with Crippen molar-refractivity contribution in [3.8, 4) is 0 Å². The fourth-order valence-corrected chi connectivity index (χ4v) is 2.46. The Morgan fingerprint density at radius 2 is 2.32 bits per heavy atom. The standard InChI is InChI=1S/C13H15ClFNO3/c1-16(11-7-19-6-9(11)13(17)18)5-8-3-2-4-10(15)12(8)14/h2-4,9,11H,5-7H2,1H3,(H,17,18). The number of likely N-dealkylation sites (N-methyl/N-ethyl adjacent to an activating group) is 1. The van der Waals surface area contributed by atoms with Crippen molar-refractivity contribution in [2.24, 2.45) is 5.92 Å². The second-order valence-corrected chi connectivity index (χ2v) is 5.06. The normalized spacial score (nSPS) is 22.9. The largest absolute Gasteiger partial charge is 0.481 e. The van der Waals surface area contributed by atoms with E-state index in [2.05, 4.69) is 0 Å². The molecular formula is C13H15ClFNO3. The summed E-state index contributed by atoms with van der Waals surface area (Å²) in [5.74, 6) is -1.90. The van der Waals surface area contributed by atoms with Gasteiger partial charge in [-0.1, -0.05) is 23.7 Å². The maximum absolute atomic E-state index is 13.3. The van der Waals surface area contributed by atoms with Gasteiger partial charge in [0, 0.05) is 12.6 Å². The van der Waals surface area contributed by atoms with Gasteiger partial charge in [-0.05, 0) is 18.7 Å². The zero-order valence-electron chi connectivity index (χ0n) is 10.5. The Hall–Kier alpha value is -1.17. The Balaban J connectivity index is 2.10. The van der Waals surface area contributed by atoms with Crippen LogP contribution in [0.1, 0.15) is 5.56 Å². The van der Waals surface area contributed by atoms with E-state index in [-0.39, 0.29) is 17.7 Å². The average molecular weight is 288 g/mol. The first-order chi connectivity index (χ1) is 9.00. The molecule has 0 aliphatic carbocycles. The van der Waals surface area contributed by atoms with Gasteiger partial charge in [0.2, 0.25) is 0 Å². The maximum Gasteiger partial charge on any atom is 0.310 e. The first-order valence-corrected chi connectivity index (χ1v) is 6.32. The van der Waals surface area contributed by atoms with E-state index >= 15 is 0 Å². The lowest BCUT2D eigenvalue weighted by Crippen LogP contribution is -2.40. The van der Waals surface area contributed by atoms with Crippen LogP contribution in [0.3, 0.4) is 0 Å². The molecule has 0 spiro atoms. The van der Waals surface area contributed by atoms with Crippen LogP contribution in [-0.4, -0.2) is 42.3 Å². The minimum absolute atomic E-state index is 0.0835. The van der Waals surface area contributed by atoms with Crippen LogP contribution < -0.4 is 0 Å². The number of nitrogens with zero attached hydrogens (tertiary/aromatic N) is 1. The number of carboxylic acids is 1. The summed E-state index contributed by atoms with van der Waals surface area (Å²) in [6, 6.07) is 4.39. The number of aliphatic carboxylic acids is 1. The number of hydrogen-bond acceptors (Lipinski definition) is 3. The highest BCUT2D eigenvalue weighted by atomic mass is 35.5. The summed E-state index contributed by atoms with van der Waals surface area (Å²) in [4.78, 5) is 12.9. The van der Waals surface area contributed by atoms with Crippen LogP contribution in [0.2, 0.25) is 5.02 Å². The molecule has 1 N–H and O–H groups in total. The molecule has 104 valence electrons. The predicted octanol–water partition coefficient (Wildman–Crippen LogP) is 2.01. The fraction of sp³-hybridized carbons (Fsp3) is 0.462. The summed E-state index contributed by atoms with van der Waals surface area (Å²) in [5.41, 5.74) is 0.639. The molecule has 0 amide bonds. The molecule has 2 unspecified atom stereocenters. The van der Waals surface area contributed by atoms with Crippen LogP contribution in [0.25, 0.3) is 0 Å².